The Morgan fingerprint density at radius 1 is 1.45 bits per heavy atom. The second-order valence-electron chi connectivity index (χ2n) is 5.07. The van der Waals surface area contributed by atoms with Gasteiger partial charge in [0.1, 0.15) is 11.9 Å². The molecule has 1 aromatic rings. The predicted molar refractivity (Wildman–Crippen MR) is 75.8 cm³/mol. The van der Waals surface area contributed by atoms with Gasteiger partial charge in [-0.25, -0.2) is 8.42 Å². The van der Waals surface area contributed by atoms with Crippen LogP contribution in [0.25, 0.3) is 0 Å². The Labute approximate surface area is 119 Å². The van der Waals surface area contributed by atoms with Crippen molar-refractivity contribution >= 4 is 9.84 Å². The lowest BCUT2D eigenvalue weighted by atomic mass is 10.0. The Hall–Kier alpha value is -1.14. The minimum Gasteiger partial charge on any atom is -0.489 e. The van der Waals surface area contributed by atoms with E-state index < -0.39 is 9.84 Å². The van der Waals surface area contributed by atoms with Crippen LogP contribution in [0, 0.1) is 0 Å². The Bertz CT molecular complexity index is 560. The highest BCUT2D eigenvalue weighted by Crippen LogP contribution is 2.29. The first-order chi connectivity index (χ1) is 9.50. The lowest BCUT2D eigenvalue weighted by Gasteiger charge is -2.26. The summed E-state index contributed by atoms with van der Waals surface area (Å²) in [5.41, 5.74) is 1.04. The topological polar surface area (TPSA) is 55.4 Å². The second kappa shape index (κ2) is 6.54. The third-order valence-electron chi connectivity index (χ3n) is 3.36. The Balaban J connectivity index is 2.01. The van der Waals surface area contributed by atoms with Crippen molar-refractivity contribution in [1.29, 1.82) is 0 Å². The summed E-state index contributed by atoms with van der Waals surface area (Å²) in [6, 6.07) is 5.04. The lowest BCUT2D eigenvalue weighted by Crippen LogP contribution is -2.34. The van der Waals surface area contributed by atoms with Crippen molar-refractivity contribution in [2.45, 2.75) is 30.3 Å². The van der Waals surface area contributed by atoms with Gasteiger partial charge in [-0.3, -0.25) is 4.39 Å². The largest absolute Gasteiger partial charge is 0.489 e. The molecule has 4 nitrogen and oxygen atoms in total. The van der Waals surface area contributed by atoms with Crippen molar-refractivity contribution in [3.63, 3.8) is 0 Å². The third-order valence-corrected chi connectivity index (χ3v) is 4.47. The van der Waals surface area contributed by atoms with Gasteiger partial charge in [0.2, 0.25) is 0 Å². The highest BCUT2D eigenvalue weighted by atomic mass is 32.2. The van der Waals surface area contributed by atoms with Gasteiger partial charge in [0.15, 0.2) is 9.84 Å². The van der Waals surface area contributed by atoms with E-state index in [0.717, 1.165) is 18.4 Å². The fourth-order valence-electron chi connectivity index (χ4n) is 2.24. The smallest absolute Gasteiger partial charge is 0.175 e. The summed E-state index contributed by atoms with van der Waals surface area (Å²) in [5, 5.41) is 3.15. The first-order valence-corrected chi connectivity index (χ1v) is 8.66. The SMILES string of the molecule is CS(=O)(=O)c1ccc2c(c1)OC(CNCCCF)CC2. The van der Waals surface area contributed by atoms with Crippen LogP contribution in [-0.2, 0) is 16.3 Å². The van der Waals surface area contributed by atoms with E-state index in [0.29, 0.717) is 25.3 Å². The molecule has 0 radical (unpaired) electrons. The maximum Gasteiger partial charge on any atom is 0.175 e. The lowest BCUT2D eigenvalue weighted by molar-refractivity contribution is 0.170. The summed E-state index contributed by atoms with van der Waals surface area (Å²) >= 11 is 0. The van der Waals surface area contributed by atoms with Gasteiger partial charge < -0.3 is 10.1 Å². The summed E-state index contributed by atoms with van der Waals surface area (Å²) in [5.74, 6) is 0.650. The van der Waals surface area contributed by atoms with Gasteiger partial charge in [0.05, 0.1) is 11.6 Å². The Morgan fingerprint density at radius 2 is 2.25 bits per heavy atom. The van der Waals surface area contributed by atoms with Crippen molar-refractivity contribution in [3.8, 4) is 5.75 Å². The molecule has 20 heavy (non-hydrogen) atoms. The Morgan fingerprint density at radius 3 is 2.95 bits per heavy atom. The number of aryl methyl sites for hydroxylation is 1. The van der Waals surface area contributed by atoms with E-state index in [-0.39, 0.29) is 17.7 Å². The van der Waals surface area contributed by atoms with Crippen LogP contribution in [0.4, 0.5) is 4.39 Å². The number of hydrogen-bond acceptors (Lipinski definition) is 4. The number of sulfone groups is 1. The minimum atomic E-state index is -3.22. The summed E-state index contributed by atoms with van der Waals surface area (Å²) in [4.78, 5) is 0.280. The van der Waals surface area contributed by atoms with Crippen molar-refractivity contribution in [3.05, 3.63) is 23.8 Å². The van der Waals surface area contributed by atoms with Gasteiger partial charge in [-0.1, -0.05) is 6.07 Å². The van der Waals surface area contributed by atoms with Gasteiger partial charge in [-0.15, -0.1) is 0 Å². The molecule has 6 heteroatoms. The van der Waals surface area contributed by atoms with E-state index in [9.17, 15) is 12.8 Å². The van der Waals surface area contributed by atoms with Gasteiger partial charge >= 0.3 is 0 Å². The van der Waals surface area contributed by atoms with E-state index >= 15 is 0 Å². The van der Waals surface area contributed by atoms with Crippen molar-refractivity contribution in [1.82, 2.24) is 5.32 Å². The molecule has 0 amide bonds. The van der Waals surface area contributed by atoms with Gasteiger partial charge in [-0.2, -0.15) is 0 Å². The van der Waals surface area contributed by atoms with Crippen LogP contribution in [0.15, 0.2) is 23.1 Å². The van der Waals surface area contributed by atoms with E-state index in [2.05, 4.69) is 5.32 Å². The molecule has 1 unspecified atom stereocenters. The molecule has 1 aliphatic rings. The number of halogens is 1. The fourth-order valence-corrected chi connectivity index (χ4v) is 2.87. The number of fused-ring (bicyclic) bond motifs is 1. The fraction of sp³-hybridized carbons (Fsp3) is 0.571. The van der Waals surface area contributed by atoms with Crippen LogP contribution in [0.3, 0.4) is 0 Å². The number of rotatable bonds is 6. The quantitative estimate of drug-likeness (QED) is 0.813. The molecule has 2 rings (SSSR count). The summed E-state index contributed by atoms with van der Waals surface area (Å²) in [6.45, 7) is 0.966. The van der Waals surface area contributed by atoms with Crippen molar-refractivity contribution in [2.75, 3.05) is 26.0 Å². The van der Waals surface area contributed by atoms with Crippen LogP contribution < -0.4 is 10.1 Å². The average Bonchev–Trinajstić information content (AvgIpc) is 2.42. The second-order valence-corrected chi connectivity index (χ2v) is 7.08. The molecule has 0 aromatic heterocycles. The maximum atomic E-state index is 12.0. The zero-order valence-corrected chi connectivity index (χ0v) is 12.4. The molecule has 1 heterocycles. The molecule has 112 valence electrons. The predicted octanol–water partition coefficient (Wildman–Crippen LogP) is 1.73. The first-order valence-electron chi connectivity index (χ1n) is 6.77. The molecule has 1 atom stereocenters. The monoisotopic (exact) mass is 301 g/mol. The summed E-state index contributed by atoms with van der Waals surface area (Å²) in [6.07, 6.45) is 3.45. The third kappa shape index (κ3) is 3.93. The molecule has 1 N–H and O–H groups in total. The number of ether oxygens (including phenoxy) is 1. The van der Waals surface area contributed by atoms with Crippen LogP contribution in [0.2, 0.25) is 0 Å². The van der Waals surface area contributed by atoms with Crippen molar-refractivity contribution in [2.24, 2.45) is 0 Å². The number of nitrogens with one attached hydrogen (secondary N) is 1. The standard InChI is InChI=1S/C14H20FNO3S/c1-20(17,18)13-6-4-11-3-5-12(19-14(11)9-13)10-16-8-2-7-15/h4,6,9,12,16H,2-3,5,7-8,10H2,1H3. The molecule has 0 saturated heterocycles. The van der Waals surface area contributed by atoms with Gasteiger partial charge in [-0.05, 0) is 43.5 Å². The van der Waals surface area contributed by atoms with E-state index in [1.54, 1.807) is 12.1 Å². The molecule has 1 aromatic carbocycles. The minimum absolute atomic E-state index is 0.0110. The molecule has 0 fully saturated rings. The van der Waals surface area contributed by atoms with Crippen LogP contribution in [0.1, 0.15) is 18.4 Å². The molecule has 0 aliphatic carbocycles. The molecular formula is C14H20FNO3S. The summed E-state index contributed by atoms with van der Waals surface area (Å²) < 4.78 is 40.9. The van der Waals surface area contributed by atoms with Crippen LogP contribution in [0.5, 0.6) is 5.75 Å². The van der Waals surface area contributed by atoms with Gasteiger partial charge in [0, 0.05) is 12.8 Å². The molecule has 0 spiro atoms. The normalized spacial score (nSPS) is 18.4. The van der Waals surface area contributed by atoms with Gasteiger partial charge in [0.25, 0.3) is 0 Å². The number of alkyl halides is 1. The first kappa shape index (κ1) is 15.3. The average molecular weight is 301 g/mol. The van der Waals surface area contributed by atoms with E-state index in [1.165, 1.54) is 6.26 Å². The van der Waals surface area contributed by atoms with Crippen LogP contribution >= 0.6 is 0 Å². The van der Waals surface area contributed by atoms with Crippen LogP contribution in [-0.4, -0.2) is 40.5 Å². The Kier molecular flexibility index (Phi) is 4.99. The van der Waals surface area contributed by atoms with E-state index in [1.807, 2.05) is 6.07 Å². The highest BCUT2D eigenvalue weighted by Gasteiger charge is 2.21. The molecule has 0 bridgehead atoms. The van der Waals surface area contributed by atoms with Crippen molar-refractivity contribution < 1.29 is 17.5 Å². The molecule has 1 aliphatic heterocycles. The maximum absolute atomic E-state index is 12.0. The number of hydrogen-bond donors (Lipinski definition) is 1. The zero-order valence-electron chi connectivity index (χ0n) is 11.6. The molecular weight excluding hydrogens is 281 g/mol. The molecule has 0 saturated carbocycles. The zero-order chi connectivity index (χ0) is 14.6. The van der Waals surface area contributed by atoms with E-state index in [4.69, 9.17) is 4.74 Å². The summed E-state index contributed by atoms with van der Waals surface area (Å²) in [7, 11) is -3.22. The number of benzene rings is 1. The highest BCUT2D eigenvalue weighted by molar-refractivity contribution is 7.90.